The SMILES string of the molecule is C#CCOc1cc(C(CCC)NC(=O)[C@]2(N)CSC(C(C)=O)=N2)oc(=O)c1. The molecule has 0 saturated heterocycles. The van der Waals surface area contributed by atoms with E-state index in [2.05, 4.69) is 16.2 Å². The molecule has 9 heteroatoms. The zero-order valence-corrected chi connectivity index (χ0v) is 15.9. The zero-order valence-electron chi connectivity index (χ0n) is 15.1. The maximum absolute atomic E-state index is 12.7. The van der Waals surface area contributed by atoms with Crippen LogP contribution in [0.2, 0.25) is 0 Å². The number of aliphatic imine (C=N–C) groups is 1. The van der Waals surface area contributed by atoms with Crippen molar-refractivity contribution in [3.05, 3.63) is 28.3 Å². The highest BCUT2D eigenvalue weighted by Crippen LogP contribution is 2.27. The number of hydrogen-bond acceptors (Lipinski definition) is 8. The highest BCUT2D eigenvalue weighted by atomic mass is 32.2. The monoisotopic (exact) mass is 391 g/mol. The van der Waals surface area contributed by atoms with Gasteiger partial charge in [-0.15, -0.1) is 6.42 Å². The number of nitrogens with zero attached hydrogens (tertiary/aromatic N) is 1. The van der Waals surface area contributed by atoms with E-state index in [0.717, 1.165) is 11.8 Å². The van der Waals surface area contributed by atoms with Crippen molar-refractivity contribution in [3.8, 4) is 18.1 Å². The van der Waals surface area contributed by atoms with E-state index in [1.165, 1.54) is 19.1 Å². The molecule has 0 aromatic carbocycles. The van der Waals surface area contributed by atoms with Gasteiger partial charge >= 0.3 is 5.63 Å². The highest BCUT2D eigenvalue weighted by Gasteiger charge is 2.41. The van der Waals surface area contributed by atoms with E-state index in [4.69, 9.17) is 21.3 Å². The first-order valence-electron chi connectivity index (χ1n) is 8.34. The molecular formula is C18H21N3O5S. The van der Waals surface area contributed by atoms with Crippen LogP contribution in [0.1, 0.15) is 38.5 Å². The largest absolute Gasteiger partial charge is 0.481 e. The number of ether oxygens (including phenoxy) is 1. The maximum Gasteiger partial charge on any atom is 0.339 e. The number of terminal acetylenes is 1. The molecule has 0 saturated carbocycles. The molecule has 3 N–H and O–H groups in total. The average molecular weight is 391 g/mol. The number of ketones is 1. The normalized spacial score (nSPS) is 19.7. The molecule has 2 heterocycles. The van der Waals surface area contributed by atoms with Crippen molar-refractivity contribution in [1.29, 1.82) is 0 Å². The number of carbonyl (C=O) groups is 2. The fourth-order valence-corrected chi connectivity index (χ4v) is 3.41. The number of nitrogens with two attached hydrogens (primary N) is 1. The molecule has 0 fully saturated rings. The molecule has 1 aliphatic rings. The van der Waals surface area contributed by atoms with Gasteiger partial charge in [0.25, 0.3) is 5.91 Å². The second kappa shape index (κ2) is 8.88. The van der Waals surface area contributed by atoms with E-state index in [9.17, 15) is 14.4 Å². The summed E-state index contributed by atoms with van der Waals surface area (Å²) in [4.78, 5) is 40.0. The molecule has 0 radical (unpaired) electrons. The van der Waals surface area contributed by atoms with Gasteiger partial charge in [-0.05, 0) is 6.42 Å². The standard InChI is InChI=1S/C18H21N3O5S/c1-4-6-13(14-8-12(25-7-5-2)9-15(23)26-14)20-17(24)18(19)10-27-16(21-18)11(3)22/h2,8-9,13H,4,6-7,10,19H2,1,3H3,(H,20,24)/t13?,18-/m0/s1. The minimum absolute atomic E-state index is 0.000626. The number of Topliss-reactive ketones (excluding diaryl/α,β-unsaturated/α-hetero) is 1. The van der Waals surface area contributed by atoms with Crippen molar-refractivity contribution in [2.75, 3.05) is 12.4 Å². The van der Waals surface area contributed by atoms with Gasteiger partial charge in [0.05, 0.1) is 12.1 Å². The van der Waals surface area contributed by atoms with Crippen LogP contribution in [-0.4, -0.2) is 34.8 Å². The van der Waals surface area contributed by atoms with Gasteiger partial charge in [0.1, 0.15) is 23.2 Å². The van der Waals surface area contributed by atoms with E-state index in [-0.39, 0.29) is 34.7 Å². The molecule has 2 atom stereocenters. The molecule has 27 heavy (non-hydrogen) atoms. The molecule has 1 aromatic rings. The zero-order chi connectivity index (χ0) is 20.0. The lowest BCUT2D eigenvalue weighted by molar-refractivity contribution is -0.126. The lowest BCUT2D eigenvalue weighted by atomic mass is 10.1. The predicted octanol–water partition coefficient (Wildman–Crippen LogP) is 0.998. The van der Waals surface area contributed by atoms with E-state index < -0.39 is 23.2 Å². The molecule has 1 aromatic heterocycles. The first kappa shape index (κ1) is 20.7. The van der Waals surface area contributed by atoms with Crippen LogP contribution in [0.5, 0.6) is 5.75 Å². The Bertz CT molecular complexity index is 857. The van der Waals surface area contributed by atoms with Crippen molar-refractivity contribution in [2.45, 2.75) is 38.4 Å². The van der Waals surface area contributed by atoms with Crippen LogP contribution in [0, 0.1) is 12.3 Å². The lowest BCUT2D eigenvalue weighted by Gasteiger charge is -2.23. The molecule has 0 spiro atoms. The van der Waals surface area contributed by atoms with E-state index >= 15 is 0 Å². The van der Waals surface area contributed by atoms with E-state index in [1.54, 1.807) is 0 Å². The van der Waals surface area contributed by atoms with Crippen LogP contribution in [0.15, 0.2) is 26.3 Å². The Hall–Kier alpha value is -2.57. The first-order chi connectivity index (χ1) is 12.8. The number of nitrogens with one attached hydrogen (secondary N) is 1. The number of thioether (sulfide) groups is 1. The number of rotatable bonds is 8. The Kier molecular flexibility index (Phi) is 6.82. The van der Waals surface area contributed by atoms with Gasteiger partial charge in [-0.25, -0.2) is 9.79 Å². The van der Waals surface area contributed by atoms with Crippen LogP contribution in [0.4, 0.5) is 0 Å². The minimum Gasteiger partial charge on any atom is -0.481 e. The quantitative estimate of drug-likeness (QED) is 0.634. The van der Waals surface area contributed by atoms with Gasteiger partial charge in [-0.1, -0.05) is 31.0 Å². The van der Waals surface area contributed by atoms with Gasteiger partial charge < -0.3 is 14.5 Å². The van der Waals surface area contributed by atoms with E-state index in [1.807, 2.05) is 6.92 Å². The molecule has 2 rings (SSSR count). The number of hydrogen-bond donors (Lipinski definition) is 2. The summed E-state index contributed by atoms with van der Waals surface area (Å²) >= 11 is 1.14. The third kappa shape index (κ3) is 5.21. The molecule has 144 valence electrons. The van der Waals surface area contributed by atoms with Crippen molar-refractivity contribution in [2.24, 2.45) is 10.7 Å². The van der Waals surface area contributed by atoms with Gasteiger partial charge in [0, 0.05) is 18.7 Å². The Morgan fingerprint density at radius 1 is 1.56 bits per heavy atom. The molecule has 0 aliphatic carbocycles. The summed E-state index contributed by atoms with van der Waals surface area (Å²) < 4.78 is 10.5. The molecule has 8 nitrogen and oxygen atoms in total. The molecule has 1 amide bonds. The summed E-state index contributed by atoms with van der Waals surface area (Å²) in [5.74, 6) is 2.16. The summed E-state index contributed by atoms with van der Waals surface area (Å²) in [6.45, 7) is 3.29. The fourth-order valence-electron chi connectivity index (χ4n) is 2.43. The Balaban J connectivity index is 2.24. The first-order valence-corrected chi connectivity index (χ1v) is 9.32. The average Bonchev–Trinajstić information content (AvgIpc) is 3.03. The molecular weight excluding hydrogens is 370 g/mol. The fraction of sp³-hybridized carbons (Fsp3) is 0.444. The van der Waals surface area contributed by atoms with Crippen LogP contribution in [0.3, 0.4) is 0 Å². The molecule has 0 bridgehead atoms. The summed E-state index contributed by atoms with van der Waals surface area (Å²) in [6, 6.07) is 2.08. The van der Waals surface area contributed by atoms with Crippen LogP contribution < -0.4 is 21.4 Å². The third-order valence-corrected chi connectivity index (χ3v) is 4.97. The topological polar surface area (TPSA) is 124 Å². The van der Waals surface area contributed by atoms with Crippen molar-refractivity contribution in [1.82, 2.24) is 5.32 Å². The molecule has 1 aliphatic heterocycles. The number of amides is 1. The third-order valence-electron chi connectivity index (χ3n) is 3.74. The lowest BCUT2D eigenvalue weighted by Crippen LogP contribution is -2.54. The van der Waals surface area contributed by atoms with Crippen molar-refractivity contribution in [3.63, 3.8) is 0 Å². The minimum atomic E-state index is -1.55. The van der Waals surface area contributed by atoms with E-state index in [0.29, 0.717) is 12.8 Å². The smallest absolute Gasteiger partial charge is 0.339 e. The maximum atomic E-state index is 12.7. The second-order valence-corrected chi connectivity index (χ2v) is 6.97. The highest BCUT2D eigenvalue weighted by molar-refractivity contribution is 8.16. The molecule has 1 unspecified atom stereocenters. The Morgan fingerprint density at radius 2 is 2.30 bits per heavy atom. The summed E-state index contributed by atoms with van der Waals surface area (Å²) in [6.07, 6.45) is 6.36. The van der Waals surface area contributed by atoms with Crippen molar-refractivity contribution >= 4 is 28.5 Å². The summed E-state index contributed by atoms with van der Waals surface area (Å²) in [7, 11) is 0. The van der Waals surface area contributed by atoms with Gasteiger partial charge in [0.15, 0.2) is 11.4 Å². The second-order valence-electron chi connectivity index (χ2n) is 6.01. The van der Waals surface area contributed by atoms with Crippen LogP contribution in [-0.2, 0) is 9.59 Å². The van der Waals surface area contributed by atoms with Gasteiger partial charge in [0.2, 0.25) is 0 Å². The number of carbonyl (C=O) groups excluding carboxylic acids is 2. The van der Waals surface area contributed by atoms with Crippen molar-refractivity contribution < 1.29 is 18.7 Å². The summed E-state index contributed by atoms with van der Waals surface area (Å²) in [5, 5.41) is 2.98. The Labute approximate surface area is 160 Å². The van der Waals surface area contributed by atoms with Crippen LogP contribution in [0.25, 0.3) is 0 Å². The van der Waals surface area contributed by atoms with Gasteiger partial charge in [-0.2, -0.15) is 0 Å². The van der Waals surface area contributed by atoms with Crippen LogP contribution >= 0.6 is 11.8 Å². The summed E-state index contributed by atoms with van der Waals surface area (Å²) in [5.41, 5.74) is 3.90. The Morgan fingerprint density at radius 3 is 2.89 bits per heavy atom. The predicted molar refractivity (Wildman–Crippen MR) is 103 cm³/mol. The van der Waals surface area contributed by atoms with Gasteiger partial charge in [-0.3, -0.25) is 15.3 Å².